The molecule has 0 unspecified atom stereocenters. The lowest BCUT2D eigenvalue weighted by Gasteiger charge is -2.28. The van der Waals surface area contributed by atoms with Crippen molar-refractivity contribution in [1.29, 1.82) is 0 Å². The van der Waals surface area contributed by atoms with Gasteiger partial charge in [-0.2, -0.15) is 0 Å². The molecule has 0 spiro atoms. The van der Waals surface area contributed by atoms with Gasteiger partial charge in [-0.15, -0.1) is 11.3 Å². The molecule has 2 amide bonds. The van der Waals surface area contributed by atoms with Crippen molar-refractivity contribution in [3.63, 3.8) is 0 Å². The summed E-state index contributed by atoms with van der Waals surface area (Å²) in [6.07, 6.45) is 4.75. The van der Waals surface area contributed by atoms with Gasteiger partial charge in [-0.25, -0.2) is 4.79 Å². The van der Waals surface area contributed by atoms with Gasteiger partial charge in [0.15, 0.2) is 0 Å². The highest BCUT2D eigenvalue weighted by Crippen LogP contribution is 2.42. The van der Waals surface area contributed by atoms with Crippen LogP contribution in [-0.4, -0.2) is 19.2 Å². The Balaban J connectivity index is 1.63. The predicted molar refractivity (Wildman–Crippen MR) is 99.1 cm³/mol. The third-order valence-electron chi connectivity index (χ3n) is 4.63. The van der Waals surface area contributed by atoms with E-state index in [2.05, 4.69) is 28.1 Å². The first-order chi connectivity index (χ1) is 11.7. The van der Waals surface area contributed by atoms with Crippen molar-refractivity contribution < 1.29 is 9.53 Å². The Morgan fingerprint density at radius 1 is 1.21 bits per heavy atom. The van der Waals surface area contributed by atoms with Crippen LogP contribution in [0, 0.1) is 0 Å². The number of para-hydroxylation sites is 2. The molecule has 3 rings (SSSR count). The largest absolute Gasteiger partial charge is 0.492 e. The van der Waals surface area contributed by atoms with E-state index in [4.69, 9.17) is 4.74 Å². The van der Waals surface area contributed by atoms with E-state index >= 15 is 0 Å². The zero-order valence-electron chi connectivity index (χ0n) is 14.0. The van der Waals surface area contributed by atoms with Crippen LogP contribution in [0.15, 0.2) is 41.8 Å². The number of carbonyl (C=O) groups excluding carboxylic acids is 1. The number of rotatable bonds is 6. The van der Waals surface area contributed by atoms with Gasteiger partial charge in [0.25, 0.3) is 0 Å². The van der Waals surface area contributed by atoms with E-state index in [0.717, 1.165) is 12.8 Å². The number of amides is 2. The molecule has 1 aliphatic carbocycles. The lowest BCUT2D eigenvalue weighted by atomic mass is 9.84. The molecule has 1 aliphatic rings. The van der Waals surface area contributed by atoms with Crippen molar-refractivity contribution in [3.05, 3.63) is 46.7 Å². The summed E-state index contributed by atoms with van der Waals surface area (Å²) >= 11 is 1.79. The SMILES string of the molecule is CCOc1ccccc1NC(=O)NCC1(c2cccs2)CCCC1. The minimum absolute atomic E-state index is 0.102. The van der Waals surface area contributed by atoms with E-state index in [1.54, 1.807) is 11.3 Å². The lowest BCUT2D eigenvalue weighted by Crippen LogP contribution is -2.40. The van der Waals surface area contributed by atoms with Crippen LogP contribution in [0.25, 0.3) is 0 Å². The quantitative estimate of drug-likeness (QED) is 0.792. The highest BCUT2D eigenvalue weighted by molar-refractivity contribution is 7.10. The van der Waals surface area contributed by atoms with Crippen LogP contribution in [0.5, 0.6) is 5.75 Å². The molecule has 4 nitrogen and oxygen atoms in total. The summed E-state index contributed by atoms with van der Waals surface area (Å²) in [7, 11) is 0. The molecule has 5 heteroatoms. The predicted octanol–water partition coefficient (Wildman–Crippen LogP) is 4.78. The Bertz CT molecular complexity index is 664. The van der Waals surface area contributed by atoms with Crippen molar-refractivity contribution in [2.24, 2.45) is 0 Å². The number of hydrogen-bond donors (Lipinski definition) is 2. The van der Waals surface area contributed by atoms with Crippen LogP contribution in [0.1, 0.15) is 37.5 Å². The van der Waals surface area contributed by atoms with Crippen molar-refractivity contribution in [2.45, 2.75) is 38.0 Å². The van der Waals surface area contributed by atoms with Gasteiger partial charge in [0, 0.05) is 16.8 Å². The van der Waals surface area contributed by atoms with Crippen LogP contribution in [-0.2, 0) is 5.41 Å². The fraction of sp³-hybridized carbons (Fsp3) is 0.421. The molecule has 24 heavy (non-hydrogen) atoms. The molecule has 1 aromatic carbocycles. The zero-order chi connectivity index (χ0) is 16.8. The molecule has 1 fully saturated rings. The Kier molecular flexibility index (Phi) is 5.41. The van der Waals surface area contributed by atoms with Crippen molar-refractivity contribution in [3.8, 4) is 5.75 Å². The number of urea groups is 1. The van der Waals surface area contributed by atoms with E-state index in [-0.39, 0.29) is 11.4 Å². The average Bonchev–Trinajstić information content (AvgIpc) is 3.27. The maximum Gasteiger partial charge on any atom is 0.319 e. The van der Waals surface area contributed by atoms with Crippen LogP contribution in [0.4, 0.5) is 10.5 Å². The smallest absolute Gasteiger partial charge is 0.319 e. The minimum Gasteiger partial charge on any atom is -0.492 e. The topological polar surface area (TPSA) is 50.4 Å². The first-order valence-electron chi connectivity index (χ1n) is 8.54. The fourth-order valence-electron chi connectivity index (χ4n) is 3.41. The Morgan fingerprint density at radius 3 is 2.71 bits per heavy atom. The van der Waals surface area contributed by atoms with E-state index in [0.29, 0.717) is 24.6 Å². The molecular formula is C19H24N2O2S. The molecule has 128 valence electrons. The lowest BCUT2D eigenvalue weighted by molar-refractivity contribution is 0.248. The molecule has 2 N–H and O–H groups in total. The van der Waals surface area contributed by atoms with Crippen LogP contribution in [0.3, 0.4) is 0 Å². The van der Waals surface area contributed by atoms with Gasteiger partial charge in [0.2, 0.25) is 0 Å². The average molecular weight is 344 g/mol. The maximum absolute atomic E-state index is 12.4. The molecule has 0 aliphatic heterocycles. The van der Waals surface area contributed by atoms with Gasteiger partial charge in [-0.1, -0.05) is 31.0 Å². The summed E-state index contributed by atoms with van der Waals surface area (Å²) in [5.41, 5.74) is 0.804. The highest BCUT2D eigenvalue weighted by atomic mass is 32.1. The molecular weight excluding hydrogens is 320 g/mol. The van der Waals surface area contributed by atoms with Crippen molar-refractivity contribution in [2.75, 3.05) is 18.5 Å². The summed E-state index contributed by atoms with van der Waals surface area (Å²) in [5.74, 6) is 0.698. The number of ether oxygens (including phenoxy) is 1. The van der Waals surface area contributed by atoms with Gasteiger partial charge >= 0.3 is 6.03 Å². The van der Waals surface area contributed by atoms with E-state index in [1.165, 1.54) is 17.7 Å². The molecule has 0 bridgehead atoms. The minimum atomic E-state index is -0.176. The van der Waals surface area contributed by atoms with E-state index < -0.39 is 0 Å². The maximum atomic E-state index is 12.4. The number of carbonyl (C=O) groups is 1. The highest BCUT2D eigenvalue weighted by Gasteiger charge is 2.36. The van der Waals surface area contributed by atoms with Crippen molar-refractivity contribution in [1.82, 2.24) is 5.32 Å². The second-order valence-corrected chi connectivity index (χ2v) is 7.15. The summed E-state index contributed by atoms with van der Waals surface area (Å²) in [4.78, 5) is 13.7. The third-order valence-corrected chi connectivity index (χ3v) is 5.74. The number of benzene rings is 1. The summed E-state index contributed by atoms with van der Waals surface area (Å²) in [6, 6.07) is 11.6. The van der Waals surface area contributed by atoms with Gasteiger partial charge in [-0.3, -0.25) is 0 Å². The molecule has 1 heterocycles. The van der Waals surface area contributed by atoms with Gasteiger partial charge in [0.1, 0.15) is 5.75 Å². The second kappa shape index (κ2) is 7.71. The monoisotopic (exact) mass is 344 g/mol. The Morgan fingerprint density at radius 2 is 2.00 bits per heavy atom. The molecule has 0 radical (unpaired) electrons. The number of hydrogen-bond acceptors (Lipinski definition) is 3. The number of anilines is 1. The Hall–Kier alpha value is -2.01. The van der Waals surface area contributed by atoms with Crippen LogP contribution in [0.2, 0.25) is 0 Å². The zero-order valence-corrected chi connectivity index (χ0v) is 14.8. The number of nitrogens with one attached hydrogen (secondary N) is 2. The standard InChI is InChI=1S/C19H24N2O2S/c1-2-23-16-9-4-3-8-15(16)21-18(22)20-14-19(11-5-6-12-19)17-10-7-13-24-17/h3-4,7-10,13H,2,5-6,11-12,14H2,1H3,(H2,20,21,22). The van der Waals surface area contributed by atoms with Gasteiger partial charge in [0.05, 0.1) is 12.3 Å². The first kappa shape index (κ1) is 16.8. The summed E-state index contributed by atoms with van der Waals surface area (Å²) in [5, 5.41) is 8.10. The van der Waals surface area contributed by atoms with E-state index in [9.17, 15) is 4.79 Å². The van der Waals surface area contributed by atoms with Gasteiger partial charge < -0.3 is 15.4 Å². The third kappa shape index (κ3) is 3.73. The first-order valence-corrected chi connectivity index (χ1v) is 9.42. The normalized spacial score (nSPS) is 15.9. The van der Waals surface area contributed by atoms with E-state index in [1.807, 2.05) is 31.2 Å². The van der Waals surface area contributed by atoms with Crippen LogP contribution >= 0.6 is 11.3 Å². The molecule has 2 aromatic rings. The molecule has 1 aromatic heterocycles. The molecule has 1 saturated carbocycles. The summed E-state index contributed by atoms with van der Waals surface area (Å²) < 4.78 is 5.55. The van der Waals surface area contributed by atoms with Gasteiger partial charge in [-0.05, 0) is 43.3 Å². The molecule has 0 saturated heterocycles. The number of thiophene rings is 1. The van der Waals surface area contributed by atoms with Crippen LogP contribution < -0.4 is 15.4 Å². The fourth-order valence-corrected chi connectivity index (χ4v) is 4.40. The second-order valence-electron chi connectivity index (χ2n) is 6.20. The molecule has 0 atom stereocenters. The summed E-state index contributed by atoms with van der Waals surface area (Å²) in [6.45, 7) is 3.18. The van der Waals surface area contributed by atoms with Crippen molar-refractivity contribution >= 4 is 23.1 Å². The Labute approximate surface area is 147 Å².